The third-order valence-corrected chi connectivity index (χ3v) is 5.28. The van der Waals surface area contributed by atoms with Crippen LogP contribution in [-0.2, 0) is 9.59 Å². The minimum Gasteiger partial charge on any atom is -0.481 e. The Morgan fingerprint density at radius 3 is 2.64 bits per heavy atom. The minimum absolute atomic E-state index is 0.219. The number of rotatable bonds is 4. The Labute approximate surface area is 149 Å². The summed E-state index contributed by atoms with van der Waals surface area (Å²) in [6.45, 7) is 0. The summed E-state index contributed by atoms with van der Waals surface area (Å²) < 4.78 is 0. The maximum absolute atomic E-state index is 12.5. The molecular weight excluding hydrogens is 338 g/mol. The summed E-state index contributed by atoms with van der Waals surface area (Å²) in [4.78, 5) is 28.4. The molecule has 6 nitrogen and oxygen atoms in total. The van der Waals surface area contributed by atoms with Gasteiger partial charge in [0.25, 0.3) is 0 Å². The van der Waals surface area contributed by atoms with Gasteiger partial charge >= 0.3 is 5.97 Å². The Bertz CT molecular complexity index is 826. The zero-order valence-corrected chi connectivity index (χ0v) is 14.3. The third kappa shape index (κ3) is 3.86. The topological polar surface area (TPSA) is 103 Å². The lowest BCUT2D eigenvalue weighted by atomic mass is 9.81. The van der Waals surface area contributed by atoms with Gasteiger partial charge in [-0.2, -0.15) is 5.26 Å². The zero-order chi connectivity index (χ0) is 17.8. The molecular formula is C18H17N3O3S. The quantitative estimate of drug-likeness (QED) is 0.873. The van der Waals surface area contributed by atoms with E-state index in [9.17, 15) is 14.9 Å². The molecule has 2 atom stereocenters. The van der Waals surface area contributed by atoms with Crippen LogP contribution in [0, 0.1) is 23.2 Å². The molecule has 1 heterocycles. The Morgan fingerprint density at radius 1 is 1.24 bits per heavy atom. The molecule has 1 aromatic carbocycles. The van der Waals surface area contributed by atoms with E-state index in [4.69, 9.17) is 5.11 Å². The van der Waals surface area contributed by atoms with Crippen LogP contribution in [0.3, 0.4) is 0 Å². The largest absolute Gasteiger partial charge is 0.481 e. The van der Waals surface area contributed by atoms with Gasteiger partial charge in [-0.1, -0.05) is 48.1 Å². The summed E-state index contributed by atoms with van der Waals surface area (Å²) in [6, 6.07) is 11.4. The van der Waals surface area contributed by atoms with E-state index in [-0.39, 0.29) is 11.8 Å². The van der Waals surface area contributed by atoms with E-state index in [0.717, 1.165) is 23.3 Å². The fourth-order valence-electron chi connectivity index (χ4n) is 3.10. The summed E-state index contributed by atoms with van der Waals surface area (Å²) in [5.41, 5.74) is 1.37. The lowest BCUT2D eigenvalue weighted by molar-refractivity contribution is -0.143. The highest BCUT2D eigenvalue weighted by molar-refractivity contribution is 7.16. The van der Waals surface area contributed by atoms with Crippen molar-refractivity contribution in [3.05, 3.63) is 35.2 Å². The number of carbonyl (C=O) groups excluding carboxylic acids is 1. The molecule has 0 aliphatic heterocycles. The van der Waals surface area contributed by atoms with Crippen molar-refractivity contribution in [1.82, 2.24) is 4.98 Å². The molecule has 1 aromatic heterocycles. The number of anilines is 1. The summed E-state index contributed by atoms with van der Waals surface area (Å²) >= 11 is 1.13. The van der Waals surface area contributed by atoms with E-state index in [1.807, 2.05) is 30.3 Å². The first-order valence-corrected chi connectivity index (χ1v) is 8.90. The number of carboxylic acids is 1. The van der Waals surface area contributed by atoms with Crippen molar-refractivity contribution < 1.29 is 14.7 Å². The summed E-state index contributed by atoms with van der Waals surface area (Å²) in [5, 5.41) is 21.6. The van der Waals surface area contributed by atoms with E-state index in [1.54, 1.807) is 0 Å². The zero-order valence-electron chi connectivity index (χ0n) is 13.4. The van der Waals surface area contributed by atoms with Crippen molar-refractivity contribution in [2.45, 2.75) is 25.7 Å². The van der Waals surface area contributed by atoms with Crippen LogP contribution in [0.4, 0.5) is 5.13 Å². The maximum Gasteiger partial charge on any atom is 0.306 e. The van der Waals surface area contributed by atoms with Crippen LogP contribution < -0.4 is 5.32 Å². The van der Waals surface area contributed by atoms with Crippen LogP contribution in [0.5, 0.6) is 0 Å². The van der Waals surface area contributed by atoms with Gasteiger partial charge in [0, 0.05) is 11.5 Å². The van der Waals surface area contributed by atoms with Gasteiger partial charge in [0.2, 0.25) is 5.91 Å². The average Bonchev–Trinajstić information content (AvgIpc) is 3.05. The fourth-order valence-corrected chi connectivity index (χ4v) is 3.89. The number of amides is 1. The first-order chi connectivity index (χ1) is 12.1. The van der Waals surface area contributed by atoms with E-state index in [0.29, 0.717) is 35.0 Å². The monoisotopic (exact) mass is 355 g/mol. The minimum atomic E-state index is -0.843. The molecule has 1 saturated carbocycles. The van der Waals surface area contributed by atoms with Gasteiger partial charge in [-0.25, -0.2) is 4.98 Å². The Morgan fingerprint density at radius 2 is 1.96 bits per heavy atom. The second kappa shape index (κ2) is 7.45. The van der Waals surface area contributed by atoms with Gasteiger partial charge < -0.3 is 10.4 Å². The van der Waals surface area contributed by atoms with Crippen LogP contribution in [0.1, 0.15) is 30.6 Å². The number of hydrogen-bond donors (Lipinski definition) is 2. The molecule has 0 spiro atoms. The van der Waals surface area contributed by atoms with Crippen LogP contribution >= 0.6 is 11.3 Å². The summed E-state index contributed by atoms with van der Waals surface area (Å²) in [5.74, 6) is -1.85. The van der Waals surface area contributed by atoms with Crippen LogP contribution in [-0.4, -0.2) is 22.0 Å². The fraction of sp³-hybridized carbons (Fsp3) is 0.333. The second-order valence-electron chi connectivity index (χ2n) is 6.06. The average molecular weight is 355 g/mol. The van der Waals surface area contributed by atoms with Gasteiger partial charge in [-0.3, -0.25) is 9.59 Å². The summed E-state index contributed by atoms with van der Waals surface area (Å²) in [7, 11) is 0. The van der Waals surface area contributed by atoms with E-state index >= 15 is 0 Å². The van der Waals surface area contributed by atoms with Gasteiger partial charge in [0.1, 0.15) is 16.6 Å². The number of carbonyl (C=O) groups is 2. The van der Waals surface area contributed by atoms with E-state index in [1.165, 1.54) is 0 Å². The molecule has 1 fully saturated rings. The Hall–Kier alpha value is -2.72. The molecule has 1 aliphatic carbocycles. The van der Waals surface area contributed by atoms with Crippen molar-refractivity contribution in [2.24, 2.45) is 11.8 Å². The smallest absolute Gasteiger partial charge is 0.306 e. The van der Waals surface area contributed by atoms with Crippen molar-refractivity contribution >= 4 is 28.3 Å². The van der Waals surface area contributed by atoms with Crippen molar-refractivity contribution in [3.63, 3.8) is 0 Å². The predicted molar refractivity (Wildman–Crippen MR) is 94.0 cm³/mol. The molecule has 2 N–H and O–H groups in total. The third-order valence-electron chi connectivity index (χ3n) is 4.40. The number of hydrogen-bond acceptors (Lipinski definition) is 5. The highest BCUT2D eigenvalue weighted by Crippen LogP contribution is 2.33. The molecule has 2 unspecified atom stereocenters. The Balaban J connectivity index is 1.75. The van der Waals surface area contributed by atoms with Crippen LogP contribution in [0.25, 0.3) is 11.3 Å². The number of nitrogens with zero attached hydrogens (tertiary/aromatic N) is 2. The van der Waals surface area contributed by atoms with Gasteiger partial charge in [0.15, 0.2) is 5.13 Å². The Kier molecular flexibility index (Phi) is 5.10. The number of nitrogens with one attached hydrogen (secondary N) is 1. The molecule has 25 heavy (non-hydrogen) atoms. The summed E-state index contributed by atoms with van der Waals surface area (Å²) in [6.07, 6.45) is 2.37. The highest BCUT2D eigenvalue weighted by atomic mass is 32.1. The number of thiazole rings is 1. The molecule has 2 aromatic rings. The number of carboxylic acid groups (broad SMARTS) is 1. The van der Waals surface area contributed by atoms with Gasteiger partial charge in [0.05, 0.1) is 5.92 Å². The lowest BCUT2D eigenvalue weighted by Gasteiger charge is -2.25. The molecule has 128 valence electrons. The van der Waals surface area contributed by atoms with Gasteiger partial charge in [-0.15, -0.1) is 0 Å². The first kappa shape index (κ1) is 17.1. The maximum atomic E-state index is 12.5. The molecule has 1 aliphatic rings. The SMILES string of the molecule is N#Cc1sc(NC(=O)C2CCCC(C(=O)O)C2)nc1-c1ccccc1. The predicted octanol–water partition coefficient (Wildman–Crippen LogP) is 3.51. The number of aliphatic carboxylic acids is 1. The van der Waals surface area contributed by atoms with Crippen molar-refractivity contribution in [3.8, 4) is 17.3 Å². The van der Waals surface area contributed by atoms with E-state index in [2.05, 4.69) is 16.4 Å². The molecule has 7 heteroatoms. The second-order valence-corrected chi connectivity index (χ2v) is 7.06. The number of benzene rings is 1. The molecule has 3 rings (SSSR count). The molecule has 0 bridgehead atoms. The number of aromatic nitrogens is 1. The van der Waals surface area contributed by atoms with Gasteiger partial charge in [-0.05, 0) is 19.3 Å². The first-order valence-electron chi connectivity index (χ1n) is 8.08. The van der Waals surface area contributed by atoms with Crippen molar-refractivity contribution in [2.75, 3.05) is 5.32 Å². The lowest BCUT2D eigenvalue weighted by Crippen LogP contribution is -2.30. The van der Waals surface area contributed by atoms with Crippen molar-refractivity contribution in [1.29, 1.82) is 5.26 Å². The van der Waals surface area contributed by atoms with E-state index < -0.39 is 11.9 Å². The number of nitriles is 1. The highest BCUT2D eigenvalue weighted by Gasteiger charge is 2.31. The molecule has 0 saturated heterocycles. The molecule has 0 radical (unpaired) electrons. The van der Waals surface area contributed by atoms with Crippen LogP contribution in [0.2, 0.25) is 0 Å². The standard InChI is InChI=1S/C18H17N3O3S/c19-10-14-15(11-5-2-1-3-6-11)20-18(25-14)21-16(22)12-7-4-8-13(9-12)17(23)24/h1-3,5-6,12-13H,4,7-9H2,(H,23,24)(H,20,21,22). The van der Waals surface area contributed by atoms with Crippen LogP contribution in [0.15, 0.2) is 30.3 Å². The normalized spacial score (nSPS) is 19.8. The molecule has 1 amide bonds.